The standard InChI is InChI=1S/C19H17N5O7S/c1-12-4-10-16(11-5-12)32(29,30)31-19-17(24(27)28)18(20-13(2)21-19)22(3)14-6-8-15(9-7-14)23(25)26/h4-11H,1-3H3. The fourth-order valence-electron chi connectivity index (χ4n) is 2.76. The predicted molar refractivity (Wildman–Crippen MR) is 114 cm³/mol. The van der Waals surface area contributed by atoms with Gasteiger partial charge in [0.15, 0.2) is 0 Å². The Balaban J connectivity index is 2.08. The van der Waals surface area contributed by atoms with Crippen molar-refractivity contribution in [2.45, 2.75) is 18.7 Å². The SMILES string of the molecule is Cc1ccc(S(=O)(=O)Oc2nc(C)nc(N(C)c3ccc([N+](=O)[O-])cc3)c2[N+](=O)[O-])cc1. The number of aryl methyl sites for hydroxylation is 2. The maximum absolute atomic E-state index is 12.7. The molecule has 32 heavy (non-hydrogen) atoms. The number of anilines is 2. The average molecular weight is 459 g/mol. The molecule has 3 aromatic rings. The van der Waals surface area contributed by atoms with E-state index in [1.807, 2.05) is 0 Å². The Kier molecular flexibility index (Phi) is 6.02. The van der Waals surface area contributed by atoms with E-state index >= 15 is 0 Å². The van der Waals surface area contributed by atoms with E-state index in [9.17, 15) is 28.6 Å². The quantitative estimate of drug-likeness (QED) is 0.291. The molecular formula is C19H17N5O7S. The molecule has 0 saturated heterocycles. The molecule has 1 aromatic heterocycles. The van der Waals surface area contributed by atoms with Gasteiger partial charge in [0.25, 0.3) is 5.69 Å². The lowest BCUT2D eigenvalue weighted by molar-refractivity contribution is -0.385. The monoisotopic (exact) mass is 459 g/mol. The molecule has 0 fully saturated rings. The third kappa shape index (κ3) is 4.62. The van der Waals surface area contributed by atoms with Gasteiger partial charge in [0.1, 0.15) is 10.7 Å². The Morgan fingerprint density at radius 3 is 2.03 bits per heavy atom. The molecule has 2 aromatic carbocycles. The maximum atomic E-state index is 12.7. The zero-order valence-corrected chi connectivity index (χ0v) is 17.9. The van der Waals surface area contributed by atoms with Gasteiger partial charge in [-0.05, 0) is 38.1 Å². The van der Waals surface area contributed by atoms with E-state index in [0.29, 0.717) is 5.69 Å². The molecule has 0 atom stereocenters. The second-order valence-corrected chi connectivity index (χ2v) is 8.23. The van der Waals surface area contributed by atoms with Crippen molar-refractivity contribution in [2.75, 3.05) is 11.9 Å². The van der Waals surface area contributed by atoms with Crippen LogP contribution in [0, 0.1) is 34.1 Å². The minimum Gasteiger partial charge on any atom is -0.350 e. The van der Waals surface area contributed by atoms with Crippen LogP contribution >= 0.6 is 0 Å². The van der Waals surface area contributed by atoms with Crippen molar-refractivity contribution in [3.05, 3.63) is 80.1 Å². The molecule has 166 valence electrons. The highest BCUT2D eigenvalue weighted by Gasteiger charge is 2.32. The molecule has 0 radical (unpaired) electrons. The van der Waals surface area contributed by atoms with Gasteiger partial charge in [-0.1, -0.05) is 17.7 Å². The lowest BCUT2D eigenvalue weighted by Gasteiger charge is -2.19. The van der Waals surface area contributed by atoms with Crippen molar-refractivity contribution in [2.24, 2.45) is 0 Å². The van der Waals surface area contributed by atoms with Crippen molar-refractivity contribution in [3.63, 3.8) is 0 Å². The summed E-state index contributed by atoms with van der Waals surface area (Å²) in [5.41, 5.74) is 0.222. The molecule has 0 N–H and O–H groups in total. The number of aromatic nitrogens is 2. The highest BCUT2D eigenvalue weighted by atomic mass is 32.2. The summed E-state index contributed by atoms with van der Waals surface area (Å²) >= 11 is 0. The summed E-state index contributed by atoms with van der Waals surface area (Å²) in [4.78, 5) is 30.2. The smallest absolute Gasteiger partial charge is 0.350 e. The first kappa shape index (κ1) is 22.6. The fraction of sp³-hybridized carbons (Fsp3) is 0.158. The normalized spacial score (nSPS) is 11.1. The van der Waals surface area contributed by atoms with Crippen LogP contribution < -0.4 is 9.08 Å². The number of benzene rings is 2. The first-order valence-corrected chi connectivity index (χ1v) is 10.4. The van der Waals surface area contributed by atoms with Gasteiger partial charge in [-0.2, -0.15) is 13.4 Å². The average Bonchev–Trinajstić information content (AvgIpc) is 2.72. The van der Waals surface area contributed by atoms with Crippen LogP contribution in [0.5, 0.6) is 5.88 Å². The van der Waals surface area contributed by atoms with E-state index in [0.717, 1.165) is 5.56 Å². The Hall–Kier alpha value is -4.13. The van der Waals surface area contributed by atoms with Crippen LogP contribution in [0.4, 0.5) is 22.9 Å². The molecule has 0 aliphatic carbocycles. The van der Waals surface area contributed by atoms with E-state index in [2.05, 4.69) is 9.97 Å². The van der Waals surface area contributed by atoms with Crippen LogP contribution in [-0.4, -0.2) is 35.3 Å². The summed E-state index contributed by atoms with van der Waals surface area (Å²) in [6, 6.07) is 11.0. The molecule has 0 aliphatic heterocycles. The van der Waals surface area contributed by atoms with Crippen molar-refractivity contribution in [3.8, 4) is 5.88 Å². The predicted octanol–water partition coefficient (Wildman–Crippen LogP) is 3.45. The number of nitro benzene ring substituents is 1. The van der Waals surface area contributed by atoms with E-state index in [1.165, 1.54) is 55.3 Å². The number of non-ortho nitro benzene ring substituents is 1. The molecule has 0 saturated carbocycles. The molecular weight excluding hydrogens is 442 g/mol. The lowest BCUT2D eigenvalue weighted by Crippen LogP contribution is -2.18. The summed E-state index contributed by atoms with van der Waals surface area (Å²) in [6.07, 6.45) is 0. The summed E-state index contributed by atoms with van der Waals surface area (Å²) < 4.78 is 30.4. The Labute approximate surface area is 182 Å². The highest BCUT2D eigenvalue weighted by molar-refractivity contribution is 7.87. The van der Waals surface area contributed by atoms with E-state index in [4.69, 9.17) is 4.18 Å². The van der Waals surface area contributed by atoms with E-state index in [1.54, 1.807) is 19.1 Å². The van der Waals surface area contributed by atoms with E-state index < -0.39 is 31.5 Å². The van der Waals surface area contributed by atoms with E-state index in [-0.39, 0.29) is 22.2 Å². The zero-order chi connectivity index (χ0) is 23.6. The second kappa shape index (κ2) is 8.55. The van der Waals surface area contributed by atoms with Gasteiger partial charge in [0.2, 0.25) is 5.82 Å². The van der Waals surface area contributed by atoms with Gasteiger partial charge in [-0.15, -0.1) is 0 Å². The van der Waals surface area contributed by atoms with Gasteiger partial charge >= 0.3 is 21.7 Å². The number of hydrogen-bond donors (Lipinski definition) is 0. The van der Waals surface area contributed by atoms with Gasteiger partial charge in [-0.25, -0.2) is 4.98 Å². The van der Waals surface area contributed by atoms with Gasteiger partial charge in [-0.3, -0.25) is 20.2 Å². The number of nitrogens with zero attached hydrogens (tertiary/aromatic N) is 5. The Morgan fingerprint density at radius 2 is 1.50 bits per heavy atom. The minimum atomic E-state index is -4.41. The molecule has 12 nitrogen and oxygen atoms in total. The first-order chi connectivity index (χ1) is 15.0. The largest absolute Gasteiger partial charge is 0.374 e. The van der Waals surface area contributed by atoms with Gasteiger partial charge < -0.3 is 9.08 Å². The molecule has 0 aliphatic rings. The molecule has 13 heteroatoms. The summed E-state index contributed by atoms with van der Waals surface area (Å²) in [5.74, 6) is -0.967. The van der Waals surface area contributed by atoms with Gasteiger partial charge in [0, 0.05) is 24.9 Å². The topological polar surface area (TPSA) is 159 Å². The van der Waals surface area contributed by atoms with Crippen molar-refractivity contribution in [1.82, 2.24) is 9.97 Å². The van der Waals surface area contributed by atoms with Crippen LogP contribution in [0.15, 0.2) is 53.4 Å². The first-order valence-electron chi connectivity index (χ1n) is 9.02. The Morgan fingerprint density at radius 1 is 0.906 bits per heavy atom. The molecule has 0 amide bonds. The minimum absolute atomic E-state index is 0.0217. The molecule has 0 unspecified atom stereocenters. The van der Waals surface area contributed by atoms with Crippen LogP contribution in [-0.2, 0) is 10.1 Å². The van der Waals surface area contributed by atoms with Crippen molar-refractivity contribution >= 4 is 33.0 Å². The Bertz CT molecular complexity index is 1290. The van der Waals surface area contributed by atoms with Gasteiger partial charge in [0.05, 0.1) is 9.85 Å². The summed E-state index contributed by atoms with van der Waals surface area (Å²) in [7, 11) is -2.97. The van der Waals surface area contributed by atoms with Crippen molar-refractivity contribution < 1.29 is 22.4 Å². The van der Waals surface area contributed by atoms with Crippen LogP contribution in [0.3, 0.4) is 0 Å². The fourth-order valence-corrected chi connectivity index (χ4v) is 3.65. The number of nitro groups is 2. The molecule has 3 rings (SSSR count). The molecule has 0 bridgehead atoms. The van der Waals surface area contributed by atoms with Crippen molar-refractivity contribution in [1.29, 1.82) is 0 Å². The number of rotatable bonds is 7. The van der Waals surface area contributed by atoms with Crippen LogP contribution in [0.2, 0.25) is 0 Å². The van der Waals surface area contributed by atoms with Crippen LogP contribution in [0.25, 0.3) is 0 Å². The third-order valence-electron chi connectivity index (χ3n) is 4.39. The zero-order valence-electron chi connectivity index (χ0n) is 17.1. The molecule has 0 spiro atoms. The third-order valence-corrected chi connectivity index (χ3v) is 5.62. The lowest BCUT2D eigenvalue weighted by atomic mass is 10.2. The number of hydrogen-bond acceptors (Lipinski definition) is 10. The maximum Gasteiger partial charge on any atom is 0.374 e. The molecule has 1 heterocycles. The second-order valence-electron chi connectivity index (χ2n) is 6.69. The summed E-state index contributed by atoms with van der Waals surface area (Å²) in [6.45, 7) is 3.19. The van der Waals surface area contributed by atoms with Crippen LogP contribution in [0.1, 0.15) is 11.4 Å². The summed E-state index contributed by atoms with van der Waals surface area (Å²) in [5, 5.41) is 22.7. The highest BCUT2D eigenvalue weighted by Crippen LogP contribution is 2.38.